The van der Waals surface area contributed by atoms with Crippen molar-refractivity contribution in [2.24, 2.45) is 0 Å². The molecular weight excluding hydrogens is 462 g/mol. The molecule has 3 nitrogen and oxygen atoms in total. The Balaban J connectivity index is 0.00000361. The van der Waals surface area contributed by atoms with Gasteiger partial charge in [0.15, 0.2) is 0 Å². The standard InChI is InChI=1S/C32H37N3.ClH/c1-6-33-31-23-22-30(28-12-10-11-13-29(28)31)32(24-14-18-26(19-15-24)34(5)7-2)25-16-20-27(21-17-25)35(8-3)9-4;/h10-23H,6-9H2,1-5H3;1H. The predicted molar refractivity (Wildman–Crippen MR) is 152 cm³/mol. The molecule has 0 atom stereocenters. The first-order chi connectivity index (χ1) is 17.1. The van der Waals surface area contributed by atoms with Gasteiger partial charge in [-0.3, -0.25) is 0 Å². The molecule has 3 aromatic rings. The molecule has 0 heterocycles. The van der Waals surface area contributed by atoms with Crippen molar-refractivity contribution in [1.82, 2.24) is 0 Å². The van der Waals surface area contributed by atoms with Gasteiger partial charge >= 0.3 is 0 Å². The number of anilines is 2. The third-order valence-electron chi connectivity index (χ3n) is 6.92. The molecule has 0 bridgehead atoms. The summed E-state index contributed by atoms with van der Waals surface area (Å²) < 4.78 is 0. The van der Waals surface area contributed by atoms with Crippen molar-refractivity contribution in [2.45, 2.75) is 27.7 Å². The van der Waals surface area contributed by atoms with Gasteiger partial charge in [0, 0.05) is 44.1 Å². The number of allylic oxidation sites excluding steroid dienone is 3. The van der Waals surface area contributed by atoms with E-state index in [1.165, 1.54) is 50.5 Å². The topological polar surface area (TPSA) is 20.5 Å². The van der Waals surface area contributed by atoms with E-state index in [1.807, 2.05) is 0 Å². The van der Waals surface area contributed by atoms with E-state index in [0.29, 0.717) is 0 Å². The second-order valence-electron chi connectivity index (χ2n) is 8.89. The molecule has 0 saturated heterocycles. The average Bonchev–Trinajstić information content (AvgIpc) is 2.91. The summed E-state index contributed by atoms with van der Waals surface area (Å²) in [6, 6.07) is 26.8. The van der Waals surface area contributed by atoms with E-state index in [-0.39, 0.29) is 12.4 Å². The molecule has 3 aromatic carbocycles. The summed E-state index contributed by atoms with van der Waals surface area (Å²) in [6.07, 6.45) is 4.50. The van der Waals surface area contributed by atoms with Crippen LogP contribution in [0.1, 0.15) is 49.9 Å². The summed E-state index contributed by atoms with van der Waals surface area (Å²) in [7, 11) is 2.14. The van der Waals surface area contributed by atoms with Crippen LogP contribution in [0, 0.1) is 0 Å². The fourth-order valence-electron chi connectivity index (χ4n) is 4.83. The Morgan fingerprint density at radius 3 is 1.75 bits per heavy atom. The number of nitrogens with one attached hydrogen (secondary N) is 1. The molecule has 36 heavy (non-hydrogen) atoms. The summed E-state index contributed by atoms with van der Waals surface area (Å²) in [6.45, 7) is 12.7. The molecule has 0 unspecified atom stereocenters. The van der Waals surface area contributed by atoms with E-state index in [9.17, 15) is 0 Å². The number of rotatable bonds is 8. The summed E-state index contributed by atoms with van der Waals surface area (Å²) >= 11 is 0. The first-order valence-electron chi connectivity index (χ1n) is 12.9. The minimum absolute atomic E-state index is 0. The molecule has 0 aromatic heterocycles. The fraction of sp³-hybridized carbons (Fsp3) is 0.281. The van der Waals surface area contributed by atoms with Gasteiger partial charge in [0.25, 0.3) is 0 Å². The van der Waals surface area contributed by atoms with Gasteiger partial charge in [0.1, 0.15) is 6.54 Å². The second kappa shape index (κ2) is 12.6. The van der Waals surface area contributed by atoms with Crippen LogP contribution in [0.25, 0.3) is 11.1 Å². The van der Waals surface area contributed by atoms with Crippen molar-refractivity contribution >= 4 is 28.2 Å². The van der Waals surface area contributed by atoms with Gasteiger partial charge in [-0.2, -0.15) is 0 Å². The number of fused-ring (bicyclic) bond motifs is 1. The van der Waals surface area contributed by atoms with Crippen LogP contribution in [0.15, 0.2) is 84.9 Å². The maximum absolute atomic E-state index is 3.54. The molecule has 1 N–H and O–H groups in total. The lowest BCUT2D eigenvalue weighted by molar-refractivity contribution is -0.450. The van der Waals surface area contributed by atoms with E-state index in [1.54, 1.807) is 0 Å². The predicted octanol–water partition coefficient (Wildman–Crippen LogP) is 2.41. The molecule has 0 radical (unpaired) electrons. The van der Waals surface area contributed by atoms with Crippen LogP contribution >= 0.6 is 0 Å². The van der Waals surface area contributed by atoms with Gasteiger partial charge in [0.05, 0.1) is 5.56 Å². The van der Waals surface area contributed by atoms with Crippen molar-refractivity contribution in [3.05, 3.63) is 107 Å². The van der Waals surface area contributed by atoms with Crippen molar-refractivity contribution in [2.75, 3.05) is 43.0 Å². The molecule has 0 aliphatic heterocycles. The Hall–Kier alpha value is -3.30. The van der Waals surface area contributed by atoms with E-state index in [0.717, 1.165) is 26.2 Å². The SMILES string of the molecule is CC[NH+]=C1C=CC(=C(c2ccc(N(C)CC)cc2)c2ccc(N(CC)CC)cc2)c2ccccc21.[Cl-]. The van der Waals surface area contributed by atoms with Crippen molar-refractivity contribution in [3.63, 3.8) is 0 Å². The molecule has 0 fully saturated rings. The van der Waals surface area contributed by atoms with Gasteiger partial charge < -0.3 is 22.2 Å². The number of hydrogen-bond donors (Lipinski definition) is 1. The zero-order chi connectivity index (χ0) is 24.8. The van der Waals surface area contributed by atoms with Crippen LogP contribution < -0.4 is 27.2 Å². The summed E-state index contributed by atoms with van der Waals surface area (Å²) in [5, 5.41) is 0. The third kappa shape index (κ3) is 5.57. The van der Waals surface area contributed by atoms with Crippen LogP contribution in [0.3, 0.4) is 0 Å². The van der Waals surface area contributed by atoms with Crippen LogP contribution in [0.2, 0.25) is 0 Å². The lowest BCUT2D eigenvalue weighted by Gasteiger charge is -2.23. The van der Waals surface area contributed by atoms with E-state index in [4.69, 9.17) is 0 Å². The Labute approximate surface area is 223 Å². The number of benzene rings is 3. The van der Waals surface area contributed by atoms with Crippen LogP contribution in [0.5, 0.6) is 0 Å². The molecule has 0 amide bonds. The highest BCUT2D eigenvalue weighted by Crippen LogP contribution is 2.37. The number of halogens is 1. The minimum Gasteiger partial charge on any atom is -1.00 e. The highest BCUT2D eigenvalue weighted by molar-refractivity contribution is 6.17. The Morgan fingerprint density at radius 1 is 0.667 bits per heavy atom. The lowest BCUT2D eigenvalue weighted by atomic mass is 9.83. The van der Waals surface area contributed by atoms with E-state index >= 15 is 0 Å². The number of nitrogens with zero attached hydrogens (tertiary/aromatic N) is 2. The monoisotopic (exact) mass is 499 g/mol. The van der Waals surface area contributed by atoms with Gasteiger partial charge in [-0.1, -0.05) is 42.5 Å². The van der Waals surface area contributed by atoms with Crippen LogP contribution in [-0.4, -0.2) is 38.9 Å². The van der Waals surface area contributed by atoms with Gasteiger partial charge in [0.2, 0.25) is 5.71 Å². The zero-order valence-electron chi connectivity index (χ0n) is 22.2. The Bertz CT molecular complexity index is 1230. The van der Waals surface area contributed by atoms with E-state index in [2.05, 4.69) is 134 Å². The Morgan fingerprint density at radius 2 is 1.22 bits per heavy atom. The third-order valence-corrected chi connectivity index (χ3v) is 6.92. The van der Waals surface area contributed by atoms with Crippen molar-refractivity contribution in [1.29, 1.82) is 0 Å². The van der Waals surface area contributed by atoms with E-state index < -0.39 is 0 Å². The highest BCUT2D eigenvalue weighted by Gasteiger charge is 2.22. The van der Waals surface area contributed by atoms with Gasteiger partial charge in [-0.05, 0) is 91.9 Å². The average molecular weight is 500 g/mol. The molecule has 1 aliphatic carbocycles. The molecule has 0 spiro atoms. The zero-order valence-corrected chi connectivity index (χ0v) is 22.9. The van der Waals surface area contributed by atoms with Crippen LogP contribution in [-0.2, 0) is 0 Å². The fourth-order valence-corrected chi connectivity index (χ4v) is 4.83. The molecular formula is C32H38ClN3. The highest BCUT2D eigenvalue weighted by atomic mass is 35.5. The summed E-state index contributed by atoms with van der Waals surface area (Å²) in [5.74, 6) is 0. The van der Waals surface area contributed by atoms with Gasteiger partial charge in [-0.15, -0.1) is 0 Å². The quantitative estimate of drug-likeness (QED) is 0.513. The largest absolute Gasteiger partial charge is 1.00 e. The summed E-state index contributed by atoms with van der Waals surface area (Å²) in [5.41, 5.74) is 11.2. The van der Waals surface area contributed by atoms with Crippen molar-refractivity contribution < 1.29 is 17.4 Å². The molecule has 1 aliphatic rings. The normalized spacial score (nSPS) is 14.8. The number of hydrogen-bond acceptors (Lipinski definition) is 2. The minimum atomic E-state index is 0. The second-order valence-corrected chi connectivity index (χ2v) is 8.89. The van der Waals surface area contributed by atoms with Crippen molar-refractivity contribution in [3.8, 4) is 0 Å². The van der Waals surface area contributed by atoms with Gasteiger partial charge in [-0.25, -0.2) is 4.99 Å². The smallest absolute Gasteiger partial charge is 0.206 e. The summed E-state index contributed by atoms with van der Waals surface area (Å²) in [4.78, 5) is 8.19. The molecule has 188 valence electrons. The van der Waals surface area contributed by atoms with Crippen LogP contribution in [0.4, 0.5) is 11.4 Å². The Kier molecular flexibility index (Phi) is 9.55. The molecule has 0 saturated carbocycles. The first kappa shape index (κ1) is 27.3. The maximum atomic E-state index is 3.54. The lowest BCUT2D eigenvalue weighted by Crippen LogP contribution is -3.00. The molecule has 4 heteroatoms. The maximum Gasteiger partial charge on any atom is 0.206 e. The first-order valence-corrected chi connectivity index (χ1v) is 12.9. The molecule has 4 rings (SSSR count).